The van der Waals surface area contributed by atoms with Gasteiger partial charge >= 0.3 is 12.1 Å². The number of esters is 1. The van der Waals surface area contributed by atoms with Crippen LogP contribution in [0.1, 0.15) is 37.9 Å². The lowest BCUT2D eigenvalue weighted by Crippen LogP contribution is -2.46. The molecule has 9 heteroatoms. The Kier molecular flexibility index (Phi) is 8.65. The van der Waals surface area contributed by atoms with E-state index in [-0.39, 0.29) is 18.7 Å². The maximum Gasteiger partial charge on any atom is 0.408 e. The van der Waals surface area contributed by atoms with E-state index in [0.717, 1.165) is 16.9 Å². The van der Waals surface area contributed by atoms with Crippen LogP contribution in [0.25, 0.3) is 0 Å². The Labute approximate surface area is 193 Å². The number of nitrogens with one attached hydrogen (secondary N) is 2. The van der Waals surface area contributed by atoms with E-state index in [9.17, 15) is 9.59 Å². The van der Waals surface area contributed by atoms with Crippen molar-refractivity contribution in [3.63, 3.8) is 0 Å². The van der Waals surface area contributed by atoms with Crippen molar-refractivity contribution >= 4 is 18.4 Å². The fraction of sp³-hybridized carbons (Fsp3) is 0.375. The molecule has 2 atom stereocenters. The maximum atomic E-state index is 12.5. The molecule has 1 amide bonds. The number of hydrogen-bond acceptors (Lipinski definition) is 8. The maximum absolute atomic E-state index is 12.5. The van der Waals surface area contributed by atoms with Crippen LogP contribution < -0.4 is 15.5 Å². The third-order valence-corrected chi connectivity index (χ3v) is 4.80. The van der Waals surface area contributed by atoms with E-state index in [0.29, 0.717) is 13.3 Å². The summed E-state index contributed by atoms with van der Waals surface area (Å²) in [6, 6.07) is 17.0. The first-order valence-electron chi connectivity index (χ1n) is 10.8. The van der Waals surface area contributed by atoms with Gasteiger partial charge in [-0.25, -0.2) is 9.59 Å². The van der Waals surface area contributed by atoms with Crippen LogP contribution in [0, 0.1) is 0 Å². The van der Waals surface area contributed by atoms with Gasteiger partial charge in [0.2, 0.25) is 6.10 Å². The SMILES string of the molecule is CC(C)OC(=O)[C@@H](CN1CN=CN1)OC(=O)N[C@@H](C)c1ccc(OCc2ccccc2)cc1. The van der Waals surface area contributed by atoms with Crippen LogP contribution in [0.5, 0.6) is 5.75 Å². The average Bonchev–Trinajstić information content (AvgIpc) is 3.31. The van der Waals surface area contributed by atoms with Crippen LogP contribution in [0.3, 0.4) is 0 Å². The number of carbonyl (C=O) groups is 2. The van der Waals surface area contributed by atoms with Crippen molar-refractivity contribution in [1.29, 1.82) is 0 Å². The molecule has 0 aromatic heterocycles. The average molecular weight is 455 g/mol. The predicted octanol–water partition coefficient (Wildman–Crippen LogP) is 3.18. The number of ether oxygens (including phenoxy) is 3. The lowest BCUT2D eigenvalue weighted by molar-refractivity contribution is -0.158. The molecule has 2 aromatic carbocycles. The van der Waals surface area contributed by atoms with Gasteiger partial charge in [0.15, 0.2) is 0 Å². The highest BCUT2D eigenvalue weighted by Gasteiger charge is 2.29. The third-order valence-electron chi connectivity index (χ3n) is 4.80. The van der Waals surface area contributed by atoms with E-state index < -0.39 is 18.2 Å². The van der Waals surface area contributed by atoms with Crippen LogP contribution in [0.2, 0.25) is 0 Å². The van der Waals surface area contributed by atoms with Crippen LogP contribution in [0.4, 0.5) is 4.79 Å². The number of alkyl carbamates (subject to hydrolysis) is 1. The normalized spacial score (nSPS) is 14.9. The van der Waals surface area contributed by atoms with Gasteiger partial charge in [-0.15, -0.1) is 0 Å². The van der Waals surface area contributed by atoms with Gasteiger partial charge in [-0.3, -0.25) is 4.99 Å². The number of hydrazine groups is 1. The minimum Gasteiger partial charge on any atom is -0.489 e. The van der Waals surface area contributed by atoms with Crippen molar-refractivity contribution in [2.24, 2.45) is 4.99 Å². The fourth-order valence-corrected chi connectivity index (χ4v) is 3.10. The molecule has 0 saturated carbocycles. The molecule has 2 aromatic rings. The van der Waals surface area contributed by atoms with E-state index in [1.54, 1.807) is 18.9 Å². The number of carbonyl (C=O) groups excluding carboxylic acids is 2. The number of benzene rings is 2. The zero-order chi connectivity index (χ0) is 23.6. The van der Waals surface area contributed by atoms with E-state index in [1.807, 2.05) is 61.5 Å². The van der Waals surface area contributed by atoms with Crippen molar-refractivity contribution in [2.75, 3.05) is 13.2 Å². The zero-order valence-corrected chi connectivity index (χ0v) is 19.1. The van der Waals surface area contributed by atoms with E-state index >= 15 is 0 Å². The van der Waals surface area contributed by atoms with Crippen LogP contribution in [0.15, 0.2) is 59.6 Å². The molecule has 33 heavy (non-hydrogen) atoms. The smallest absolute Gasteiger partial charge is 0.408 e. The molecular weight excluding hydrogens is 424 g/mol. The monoisotopic (exact) mass is 454 g/mol. The molecule has 0 radical (unpaired) electrons. The topological polar surface area (TPSA) is 101 Å². The Morgan fingerprint density at radius 1 is 1.06 bits per heavy atom. The molecule has 176 valence electrons. The minimum atomic E-state index is -1.09. The highest BCUT2D eigenvalue weighted by atomic mass is 16.6. The van der Waals surface area contributed by atoms with Gasteiger partial charge in [-0.05, 0) is 44.0 Å². The molecule has 0 unspecified atom stereocenters. The lowest BCUT2D eigenvalue weighted by Gasteiger charge is -2.23. The lowest BCUT2D eigenvalue weighted by atomic mass is 10.1. The van der Waals surface area contributed by atoms with Gasteiger partial charge in [0, 0.05) is 0 Å². The second-order valence-corrected chi connectivity index (χ2v) is 7.89. The van der Waals surface area contributed by atoms with Gasteiger partial charge in [0.05, 0.1) is 25.0 Å². The summed E-state index contributed by atoms with van der Waals surface area (Å²) in [7, 11) is 0. The first-order chi connectivity index (χ1) is 15.9. The summed E-state index contributed by atoms with van der Waals surface area (Å²) in [6.07, 6.45) is -0.614. The molecule has 0 fully saturated rings. The van der Waals surface area contributed by atoms with Gasteiger partial charge in [-0.1, -0.05) is 42.5 Å². The summed E-state index contributed by atoms with van der Waals surface area (Å²) in [5.41, 5.74) is 4.83. The summed E-state index contributed by atoms with van der Waals surface area (Å²) in [5, 5.41) is 4.41. The summed E-state index contributed by atoms with van der Waals surface area (Å²) >= 11 is 0. The van der Waals surface area contributed by atoms with Crippen molar-refractivity contribution in [3.8, 4) is 5.75 Å². The van der Waals surface area contributed by atoms with E-state index in [4.69, 9.17) is 14.2 Å². The number of amides is 1. The molecule has 0 aliphatic carbocycles. The fourth-order valence-electron chi connectivity index (χ4n) is 3.10. The summed E-state index contributed by atoms with van der Waals surface area (Å²) in [4.78, 5) is 28.9. The number of nitrogens with zero attached hydrogens (tertiary/aromatic N) is 2. The summed E-state index contributed by atoms with van der Waals surface area (Å²) in [6.45, 7) is 6.25. The van der Waals surface area contributed by atoms with E-state index in [2.05, 4.69) is 15.7 Å². The Hall–Kier alpha value is -3.59. The van der Waals surface area contributed by atoms with Gasteiger partial charge < -0.3 is 25.0 Å². The second kappa shape index (κ2) is 11.9. The standard InChI is InChI=1S/C24H30N4O5/c1-17(2)32-23(29)22(13-28-16-25-15-26-28)33-24(30)27-18(3)20-9-11-21(12-10-20)31-14-19-7-5-4-6-8-19/h4-12,15,17-18,22H,13-14,16H2,1-3H3,(H,25,26)(H,27,30)/t18-,22+/m0/s1. The molecule has 0 spiro atoms. The Balaban J connectivity index is 1.52. The number of rotatable bonds is 10. The Bertz CT molecular complexity index is 926. The van der Waals surface area contributed by atoms with Crippen molar-refractivity contribution in [2.45, 2.75) is 45.6 Å². The first kappa shape index (κ1) is 24.1. The van der Waals surface area contributed by atoms with Crippen molar-refractivity contribution in [3.05, 3.63) is 65.7 Å². The third kappa shape index (κ3) is 7.80. The molecule has 2 N–H and O–H groups in total. The molecule has 1 heterocycles. The van der Waals surface area contributed by atoms with Crippen molar-refractivity contribution < 1.29 is 23.8 Å². The van der Waals surface area contributed by atoms with Gasteiger partial charge in [0.1, 0.15) is 19.0 Å². The molecule has 9 nitrogen and oxygen atoms in total. The quantitative estimate of drug-likeness (QED) is 0.532. The largest absolute Gasteiger partial charge is 0.489 e. The summed E-state index contributed by atoms with van der Waals surface area (Å²) in [5.74, 6) is 0.121. The van der Waals surface area contributed by atoms with E-state index in [1.165, 1.54) is 6.34 Å². The van der Waals surface area contributed by atoms with Crippen molar-refractivity contribution in [1.82, 2.24) is 15.8 Å². The number of aliphatic imine (C=N–C) groups is 1. The highest BCUT2D eigenvalue weighted by Crippen LogP contribution is 2.19. The zero-order valence-electron chi connectivity index (χ0n) is 19.1. The van der Waals surface area contributed by atoms with Crippen LogP contribution >= 0.6 is 0 Å². The van der Waals surface area contributed by atoms with Crippen LogP contribution in [-0.2, 0) is 20.9 Å². The minimum absolute atomic E-state index is 0.112. The molecule has 3 rings (SSSR count). The van der Waals surface area contributed by atoms with Gasteiger partial charge in [0.25, 0.3) is 0 Å². The molecular formula is C24H30N4O5. The summed E-state index contributed by atoms with van der Waals surface area (Å²) < 4.78 is 16.4. The number of hydrogen-bond donors (Lipinski definition) is 2. The Morgan fingerprint density at radius 3 is 2.42 bits per heavy atom. The molecule has 0 bridgehead atoms. The predicted molar refractivity (Wildman–Crippen MR) is 123 cm³/mol. The van der Waals surface area contributed by atoms with Gasteiger partial charge in [-0.2, -0.15) is 5.01 Å². The molecule has 0 saturated heterocycles. The second-order valence-electron chi connectivity index (χ2n) is 7.89. The Morgan fingerprint density at radius 2 is 1.79 bits per heavy atom. The first-order valence-corrected chi connectivity index (χ1v) is 10.8. The van der Waals surface area contributed by atoms with Crippen LogP contribution in [-0.4, -0.2) is 48.8 Å². The molecule has 1 aliphatic heterocycles. The highest BCUT2D eigenvalue weighted by molar-refractivity contribution is 5.79. The molecule has 1 aliphatic rings.